The van der Waals surface area contributed by atoms with Crippen molar-refractivity contribution in [2.45, 2.75) is 43.9 Å². The number of piperazine rings is 1. The van der Waals surface area contributed by atoms with E-state index in [1.165, 1.54) is 0 Å². The van der Waals surface area contributed by atoms with Crippen LogP contribution in [-0.4, -0.2) is 66.2 Å². The molecular formula is C19H29N3O2. The molecule has 2 aliphatic rings. The minimum absolute atomic E-state index is 0.104. The predicted octanol–water partition coefficient (Wildman–Crippen LogP) is 1.39. The van der Waals surface area contributed by atoms with Crippen LogP contribution < -0.4 is 5.32 Å². The number of hydrogen-bond donors (Lipinski definition) is 2. The van der Waals surface area contributed by atoms with E-state index >= 15 is 0 Å². The fourth-order valence-electron chi connectivity index (χ4n) is 3.74. The molecule has 0 spiro atoms. The molecule has 0 aromatic heterocycles. The van der Waals surface area contributed by atoms with Crippen LogP contribution in [0.3, 0.4) is 0 Å². The van der Waals surface area contributed by atoms with Gasteiger partial charge < -0.3 is 15.3 Å². The van der Waals surface area contributed by atoms with Gasteiger partial charge >= 0.3 is 0 Å². The van der Waals surface area contributed by atoms with Crippen LogP contribution in [-0.2, 0) is 4.79 Å². The first-order valence-corrected chi connectivity index (χ1v) is 9.09. The van der Waals surface area contributed by atoms with Gasteiger partial charge in [0.25, 0.3) is 0 Å². The summed E-state index contributed by atoms with van der Waals surface area (Å²) >= 11 is 0. The van der Waals surface area contributed by atoms with Gasteiger partial charge in [0.15, 0.2) is 0 Å². The third kappa shape index (κ3) is 4.35. The monoisotopic (exact) mass is 331 g/mol. The molecule has 1 aromatic carbocycles. The lowest BCUT2D eigenvalue weighted by molar-refractivity contribution is -0.128. The van der Waals surface area contributed by atoms with Crippen LogP contribution in [0.1, 0.15) is 37.3 Å². The number of carbonyl (C=O) groups excluding carboxylic acids is 1. The zero-order chi connectivity index (χ0) is 16.9. The number of nitrogens with zero attached hydrogens (tertiary/aromatic N) is 2. The summed E-state index contributed by atoms with van der Waals surface area (Å²) in [5.41, 5.74) is 1.07. The first-order chi connectivity index (χ1) is 11.6. The first kappa shape index (κ1) is 17.4. The Labute approximate surface area is 144 Å². The van der Waals surface area contributed by atoms with Crippen molar-refractivity contribution in [1.82, 2.24) is 15.1 Å². The highest BCUT2D eigenvalue weighted by Crippen LogP contribution is 2.24. The number of hydrogen-bond acceptors (Lipinski definition) is 4. The summed E-state index contributed by atoms with van der Waals surface area (Å²) in [5, 5.41) is 12.9. The molecule has 1 aliphatic heterocycles. The van der Waals surface area contributed by atoms with Gasteiger partial charge in [0, 0.05) is 32.2 Å². The fraction of sp³-hybridized carbons (Fsp3) is 0.632. The molecular weight excluding hydrogens is 302 g/mol. The number of likely N-dealkylation sites (N-methyl/N-ethyl adjacent to an activating group) is 1. The normalized spacial score (nSPS) is 27.6. The minimum Gasteiger partial charge on any atom is -0.393 e. The summed E-state index contributed by atoms with van der Waals surface area (Å²) < 4.78 is 0. The maximum absolute atomic E-state index is 13.0. The second-order valence-electron chi connectivity index (χ2n) is 7.17. The third-order valence-electron chi connectivity index (χ3n) is 5.31. The molecule has 2 fully saturated rings. The van der Waals surface area contributed by atoms with Crippen molar-refractivity contribution in [3.05, 3.63) is 35.9 Å². The zero-order valence-corrected chi connectivity index (χ0v) is 14.5. The van der Waals surface area contributed by atoms with E-state index in [-0.39, 0.29) is 24.1 Å². The highest BCUT2D eigenvalue weighted by Gasteiger charge is 2.31. The lowest BCUT2D eigenvalue weighted by atomic mass is 9.92. The summed E-state index contributed by atoms with van der Waals surface area (Å²) in [6, 6.07) is 10.1. The van der Waals surface area contributed by atoms with E-state index in [0.717, 1.165) is 57.4 Å². The van der Waals surface area contributed by atoms with Crippen LogP contribution in [0.2, 0.25) is 0 Å². The molecule has 1 saturated carbocycles. The Kier molecular flexibility index (Phi) is 5.87. The van der Waals surface area contributed by atoms with E-state index in [2.05, 4.69) is 22.2 Å². The van der Waals surface area contributed by atoms with Crippen molar-refractivity contribution in [3.8, 4) is 0 Å². The van der Waals surface area contributed by atoms with Crippen LogP contribution in [0.25, 0.3) is 0 Å². The average molecular weight is 331 g/mol. The second-order valence-corrected chi connectivity index (χ2v) is 7.17. The SMILES string of the molecule is CN1CCN(C(C(=O)NC2CCC(O)CC2)c2ccccc2)CC1. The third-order valence-corrected chi connectivity index (χ3v) is 5.31. The smallest absolute Gasteiger partial charge is 0.242 e. The van der Waals surface area contributed by atoms with E-state index in [1.807, 2.05) is 30.3 Å². The van der Waals surface area contributed by atoms with E-state index < -0.39 is 0 Å². The largest absolute Gasteiger partial charge is 0.393 e. The maximum atomic E-state index is 13.0. The van der Waals surface area contributed by atoms with Crippen molar-refractivity contribution >= 4 is 5.91 Å². The topological polar surface area (TPSA) is 55.8 Å². The van der Waals surface area contributed by atoms with E-state index in [1.54, 1.807) is 0 Å². The van der Waals surface area contributed by atoms with Crippen molar-refractivity contribution in [2.75, 3.05) is 33.2 Å². The summed E-state index contributed by atoms with van der Waals surface area (Å²) in [6.07, 6.45) is 3.12. The average Bonchev–Trinajstić information content (AvgIpc) is 2.60. The Bertz CT molecular complexity index is 521. The molecule has 0 radical (unpaired) electrons. The Morgan fingerprint density at radius 1 is 1.08 bits per heavy atom. The molecule has 1 atom stereocenters. The molecule has 1 saturated heterocycles. The molecule has 24 heavy (non-hydrogen) atoms. The van der Waals surface area contributed by atoms with Crippen LogP contribution in [0.15, 0.2) is 30.3 Å². The Morgan fingerprint density at radius 2 is 1.71 bits per heavy atom. The Hall–Kier alpha value is -1.43. The number of rotatable bonds is 4. The number of amides is 1. The number of aliphatic hydroxyl groups is 1. The van der Waals surface area contributed by atoms with Crippen LogP contribution >= 0.6 is 0 Å². The minimum atomic E-state index is -0.216. The van der Waals surface area contributed by atoms with Gasteiger partial charge in [0.1, 0.15) is 6.04 Å². The van der Waals surface area contributed by atoms with Crippen LogP contribution in [0, 0.1) is 0 Å². The van der Waals surface area contributed by atoms with E-state index in [9.17, 15) is 9.90 Å². The molecule has 132 valence electrons. The van der Waals surface area contributed by atoms with Gasteiger partial charge in [-0.05, 0) is 38.3 Å². The van der Waals surface area contributed by atoms with Crippen molar-refractivity contribution in [3.63, 3.8) is 0 Å². The second kappa shape index (κ2) is 8.10. The lowest BCUT2D eigenvalue weighted by Gasteiger charge is -2.38. The molecule has 1 unspecified atom stereocenters. The summed E-state index contributed by atoms with van der Waals surface area (Å²) in [7, 11) is 2.13. The van der Waals surface area contributed by atoms with Gasteiger partial charge in [-0.15, -0.1) is 0 Å². The molecule has 1 aromatic rings. The number of nitrogens with one attached hydrogen (secondary N) is 1. The highest BCUT2D eigenvalue weighted by atomic mass is 16.3. The van der Waals surface area contributed by atoms with Crippen molar-refractivity contribution < 1.29 is 9.90 Å². The molecule has 0 bridgehead atoms. The van der Waals surface area contributed by atoms with Gasteiger partial charge in [0.05, 0.1) is 6.10 Å². The lowest BCUT2D eigenvalue weighted by Crippen LogP contribution is -2.51. The van der Waals surface area contributed by atoms with Gasteiger partial charge in [-0.25, -0.2) is 0 Å². The van der Waals surface area contributed by atoms with Crippen LogP contribution in [0.5, 0.6) is 0 Å². The van der Waals surface area contributed by atoms with E-state index in [0.29, 0.717) is 0 Å². The summed E-state index contributed by atoms with van der Waals surface area (Å²) in [6.45, 7) is 3.80. The Morgan fingerprint density at radius 3 is 2.33 bits per heavy atom. The number of aliphatic hydroxyl groups excluding tert-OH is 1. The molecule has 1 amide bonds. The fourth-order valence-corrected chi connectivity index (χ4v) is 3.74. The molecule has 2 N–H and O–H groups in total. The Balaban J connectivity index is 1.70. The number of benzene rings is 1. The quantitative estimate of drug-likeness (QED) is 0.876. The molecule has 1 heterocycles. The number of carbonyl (C=O) groups is 1. The van der Waals surface area contributed by atoms with Crippen LogP contribution in [0.4, 0.5) is 0 Å². The molecule has 5 nitrogen and oxygen atoms in total. The van der Waals surface area contributed by atoms with Crippen molar-refractivity contribution in [2.24, 2.45) is 0 Å². The maximum Gasteiger partial charge on any atom is 0.242 e. The predicted molar refractivity (Wildman–Crippen MR) is 94.7 cm³/mol. The van der Waals surface area contributed by atoms with Gasteiger partial charge in [-0.2, -0.15) is 0 Å². The highest BCUT2D eigenvalue weighted by molar-refractivity contribution is 5.83. The molecule has 3 rings (SSSR count). The molecule has 5 heteroatoms. The molecule has 1 aliphatic carbocycles. The van der Waals surface area contributed by atoms with E-state index in [4.69, 9.17) is 0 Å². The summed E-state index contributed by atoms with van der Waals surface area (Å²) in [4.78, 5) is 17.6. The van der Waals surface area contributed by atoms with Crippen molar-refractivity contribution in [1.29, 1.82) is 0 Å². The van der Waals surface area contributed by atoms with Gasteiger partial charge in [-0.3, -0.25) is 9.69 Å². The summed E-state index contributed by atoms with van der Waals surface area (Å²) in [5.74, 6) is 0.104. The standard InChI is InChI=1S/C19H29N3O2/c1-21-11-13-22(14-12-21)18(15-5-3-2-4-6-15)19(24)20-16-7-9-17(23)10-8-16/h2-6,16-18,23H,7-14H2,1H3,(H,20,24). The zero-order valence-electron chi connectivity index (χ0n) is 14.5. The van der Waals surface area contributed by atoms with Gasteiger partial charge in [0.2, 0.25) is 5.91 Å². The van der Waals surface area contributed by atoms with Gasteiger partial charge in [-0.1, -0.05) is 30.3 Å². The first-order valence-electron chi connectivity index (χ1n) is 9.09.